The molecule has 0 saturated carbocycles. The lowest BCUT2D eigenvalue weighted by Gasteiger charge is -2.12. The number of carboxylic acids is 1. The molecular formula is C8H13NO3. The molecule has 0 radical (unpaired) electrons. The molecule has 0 heterocycles. The molecule has 4 nitrogen and oxygen atoms in total. The predicted molar refractivity (Wildman–Crippen MR) is 44.0 cm³/mol. The SMILES string of the molecule is COCC(NC1C=C1C)C(=O)O. The smallest absolute Gasteiger partial charge is 0.323 e. The van der Waals surface area contributed by atoms with Crippen molar-refractivity contribution in [2.45, 2.75) is 19.0 Å². The van der Waals surface area contributed by atoms with E-state index in [0.717, 1.165) is 0 Å². The van der Waals surface area contributed by atoms with Crippen molar-refractivity contribution in [2.75, 3.05) is 13.7 Å². The van der Waals surface area contributed by atoms with Gasteiger partial charge >= 0.3 is 5.97 Å². The van der Waals surface area contributed by atoms with Crippen molar-refractivity contribution in [3.63, 3.8) is 0 Å². The Morgan fingerprint density at radius 3 is 2.83 bits per heavy atom. The van der Waals surface area contributed by atoms with Crippen molar-refractivity contribution in [3.05, 3.63) is 11.6 Å². The van der Waals surface area contributed by atoms with E-state index < -0.39 is 12.0 Å². The number of carboxylic acid groups (broad SMARTS) is 1. The monoisotopic (exact) mass is 171 g/mol. The number of methoxy groups -OCH3 is 1. The number of nitrogens with one attached hydrogen (secondary N) is 1. The highest BCUT2D eigenvalue weighted by molar-refractivity contribution is 5.74. The van der Waals surface area contributed by atoms with Gasteiger partial charge in [0, 0.05) is 13.2 Å². The molecule has 2 atom stereocenters. The molecule has 4 heteroatoms. The van der Waals surface area contributed by atoms with E-state index in [1.807, 2.05) is 13.0 Å². The molecule has 1 aliphatic carbocycles. The third-order valence-corrected chi connectivity index (χ3v) is 1.82. The van der Waals surface area contributed by atoms with Crippen LogP contribution < -0.4 is 5.32 Å². The summed E-state index contributed by atoms with van der Waals surface area (Å²) >= 11 is 0. The Labute approximate surface area is 71.2 Å². The van der Waals surface area contributed by atoms with Crippen molar-refractivity contribution < 1.29 is 14.6 Å². The molecule has 0 aromatic heterocycles. The zero-order valence-corrected chi connectivity index (χ0v) is 7.20. The average molecular weight is 171 g/mol. The lowest BCUT2D eigenvalue weighted by atomic mass is 10.3. The number of carbonyl (C=O) groups is 1. The largest absolute Gasteiger partial charge is 0.480 e. The molecule has 12 heavy (non-hydrogen) atoms. The molecular weight excluding hydrogens is 158 g/mol. The molecule has 68 valence electrons. The van der Waals surface area contributed by atoms with Gasteiger partial charge in [-0.05, 0) is 6.92 Å². The normalized spacial score (nSPS) is 23.2. The van der Waals surface area contributed by atoms with Crippen molar-refractivity contribution in [3.8, 4) is 0 Å². The maximum absolute atomic E-state index is 10.6. The summed E-state index contributed by atoms with van der Waals surface area (Å²) in [6, 6.07) is -0.435. The van der Waals surface area contributed by atoms with E-state index in [1.54, 1.807) is 0 Å². The van der Waals surface area contributed by atoms with Gasteiger partial charge in [-0.1, -0.05) is 11.6 Å². The molecule has 0 aromatic carbocycles. The fraction of sp³-hybridized carbons (Fsp3) is 0.625. The van der Waals surface area contributed by atoms with Crippen LogP contribution >= 0.6 is 0 Å². The second-order valence-electron chi connectivity index (χ2n) is 2.90. The molecule has 0 aromatic rings. The summed E-state index contributed by atoms with van der Waals surface area (Å²) in [6.07, 6.45) is 1.98. The van der Waals surface area contributed by atoms with Gasteiger partial charge in [-0.25, -0.2) is 0 Å². The van der Waals surface area contributed by atoms with Gasteiger partial charge in [0.2, 0.25) is 0 Å². The lowest BCUT2D eigenvalue weighted by molar-refractivity contribution is -0.140. The molecule has 2 N–H and O–H groups in total. The zero-order valence-electron chi connectivity index (χ0n) is 7.20. The summed E-state index contributed by atoms with van der Waals surface area (Å²) in [4.78, 5) is 10.6. The van der Waals surface area contributed by atoms with Crippen LogP contribution in [0.3, 0.4) is 0 Å². The maximum Gasteiger partial charge on any atom is 0.323 e. The van der Waals surface area contributed by atoms with Crippen LogP contribution in [0.15, 0.2) is 11.6 Å². The van der Waals surface area contributed by atoms with Crippen molar-refractivity contribution in [2.24, 2.45) is 0 Å². The van der Waals surface area contributed by atoms with Gasteiger partial charge in [0.1, 0.15) is 6.04 Å². The van der Waals surface area contributed by atoms with E-state index in [9.17, 15) is 4.79 Å². The van der Waals surface area contributed by atoms with Gasteiger partial charge in [-0.2, -0.15) is 0 Å². The first-order valence-electron chi connectivity index (χ1n) is 3.81. The second kappa shape index (κ2) is 3.69. The van der Waals surface area contributed by atoms with Crippen LogP contribution in [0.2, 0.25) is 0 Å². The summed E-state index contributed by atoms with van der Waals surface area (Å²) in [5.41, 5.74) is 1.19. The fourth-order valence-electron chi connectivity index (χ4n) is 0.968. The minimum Gasteiger partial charge on any atom is -0.480 e. The molecule has 1 aliphatic rings. The van der Waals surface area contributed by atoms with E-state index in [-0.39, 0.29) is 12.6 Å². The van der Waals surface area contributed by atoms with Gasteiger partial charge in [0.15, 0.2) is 0 Å². The summed E-state index contributed by atoms with van der Waals surface area (Å²) < 4.78 is 4.76. The minimum atomic E-state index is -0.870. The van der Waals surface area contributed by atoms with E-state index in [2.05, 4.69) is 5.32 Å². The quantitative estimate of drug-likeness (QED) is 0.572. The first-order valence-corrected chi connectivity index (χ1v) is 3.81. The molecule has 1 rings (SSSR count). The molecule has 0 bridgehead atoms. The fourth-order valence-corrected chi connectivity index (χ4v) is 0.968. The highest BCUT2D eigenvalue weighted by Crippen LogP contribution is 2.18. The zero-order chi connectivity index (χ0) is 9.14. The summed E-state index contributed by atoms with van der Waals surface area (Å²) in [5.74, 6) is -0.870. The summed E-state index contributed by atoms with van der Waals surface area (Å²) in [6.45, 7) is 2.16. The Bertz CT molecular complexity index is 212. The van der Waals surface area contributed by atoms with Crippen LogP contribution in [0.4, 0.5) is 0 Å². The molecule has 0 amide bonds. The third kappa shape index (κ3) is 2.32. The van der Waals surface area contributed by atoms with Gasteiger partial charge in [-0.15, -0.1) is 0 Å². The van der Waals surface area contributed by atoms with Gasteiger partial charge < -0.3 is 9.84 Å². The van der Waals surface area contributed by atoms with Gasteiger partial charge in [0.05, 0.1) is 6.61 Å². The standard InChI is InChI=1S/C8H13NO3/c1-5-3-6(5)9-7(4-12-2)8(10)11/h3,6-7,9H,4H2,1-2H3,(H,10,11). The van der Waals surface area contributed by atoms with Crippen molar-refractivity contribution in [1.82, 2.24) is 5.32 Å². The van der Waals surface area contributed by atoms with E-state index in [1.165, 1.54) is 12.7 Å². The Balaban J connectivity index is 2.29. The van der Waals surface area contributed by atoms with Crippen LogP contribution in [-0.4, -0.2) is 36.9 Å². The molecule has 0 aliphatic heterocycles. The molecule has 2 unspecified atom stereocenters. The third-order valence-electron chi connectivity index (χ3n) is 1.82. The average Bonchev–Trinajstić information content (AvgIpc) is 2.65. The van der Waals surface area contributed by atoms with E-state index in [4.69, 9.17) is 9.84 Å². The number of hydrogen-bond acceptors (Lipinski definition) is 3. The number of ether oxygens (including phenoxy) is 1. The number of aliphatic carboxylic acids is 1. The number of rotatable bonds is 5. The Morgan fingerprint density at radius 1 is 1.92 bits per heavy atom. The number of hydrogen-bond donors (Lipinski definition) is 2. The van der Waals surface area contributed by atoms with Crippen LogP contribution in [-0.2, 0) is 9.53 Å². The highest BCUT2D eigenvalue weighted by Gasteiger charge is 2.26. The second-order valence-corrected chi connectivity index (χ2v) is 2.90. The highest BCUT2D eigenvalue weighted by atomic mass is 16.5. The molecule has 0 saturated heterocycles. The molecule has 0 spiro atoms. The minimum absolute atomic E-state index is 0.168. The molecule has 0 fully saturated rings. The Hall–Kier alpha value is -0.870. The van der Waals surface area contributed by atoms with Crippen LogP contribution in [0.25, 0.3) is 0 Å². The predicted octanol–water partition coefficient (Wildman–Crippen LogP) is 0.00410. The summed E-state index contributed by atoms with van der Waals surface area (Å²) in [5, 5.41) is 11.6. The van der Waals surface area contributed by atoms with Crippen LogP contribution in [0, 0.1) is 0 Å². The van der Waals surface area contributed by atoms with Crippen LogP contribution in [0.1, 0.15) is 6.92 Å². The lowest BCUT2D eigenvalue weighted by Crippen LogP contribution is -2.42. The van der Waals surface area contributed by atoms with Crippen LogP contribution in [0.5, 0.6) is 0 Å². The van der Waals surface area contributed by atoms with Crippen molar-refractivity contribution >= 4 is 5.97 Å². The van der Waals surface area contributed by atoms with Gasteiger partial charge in [-0.3, -0.25) is 10.1 Å². The first kappa shape index (κ1) is 9.22. The van der Waals surface area contributed by atoms with E-state index >= 15 is 0 Å². The maximum atomic E-state index is 10.6. The Kier molecular flexibility index (Phi) is 2.83. The van der Waals surface area contributed by atoms with Gasteiger partial charge in [0.25, 0.3) is 0 Å². The van der Waals surface area contributed by atoms with Crippen molar-refractivity contribution in [1.29, 1.82) is 0 Å². The topological polar surface area (TPSA) is 58.6 Å². The Morgan fingerprint density at radius 2 is 2.50 bits per heavy atom. The summed E-state index contributed by atoms with van der Waals surface area (Å²) in [7, 11) is 1.49. The first-order chi connectivity index (χ1) is 5.65. The van der Waals surface area contributed by atoms with E-state index in [0.29, 0.717) is 0 Å².